The van der Waals surface area contributed by atoms with Crippen LogP contribution in [-0.2, 0) is 10.2 Å². The number of methoxy groups -OCH3 is 1. The van der Waals surface area contributed by atoms with E-state index in [0.717, 1.165) is 18.9 Å². The Morgan fingerprint density at radius 1 is 1.22 bits per heavy atom. The van der Waals surface area contributed by atoms with Crippen LogP contribution in [0.5, 0.6) is 11.5 Å². The topological polar surface area (TPSA) is 121 Å². The molecule has 2 atom stereocenters. The van der Waals surface area contributed by atoms with Gasteiger partial charge in [-0.05, 0) is 62.9 Å². The van der Waals surface area contributed by atoms with Crippen LogP contribution < -0.4 is 20.5 Å². The molecule has 2 aromatic heterocycles. The van der Waals surface area contributed by atoms with Crippen LogP contribution >= 0.6 is 0 Å². The number of benzene rings is 2. The molecule has 0 saturated heterocycles. The Morgan fingerprint density at radius 3 is 2.60 bits per heavy atom. The highest BCUT2D eigenvalue weighted by atomic mass is 19.4. The second-order valence-electron chi connectivity index (χ2n) is 11.9. The van der Waals surface area contributed by atoms with Crippen molar-refractivity contribution >= 4 is 22.7 Å². The number of aromatic nitrogens is 3. The highest BCUT2D eigenvalue weighted by Crippen LogP contribution is 2.47. The Morgan fingerprint density at radius 2 is 1.96 bits per heavy atom. The molecule has 1 aliphatic carbocycles. The van der Waals surface area contributed by atoms with Crippen molar-refractivity contribution < 1.29 is 36.6 Å². The normalized spacial score (nSPS) is 18.4. The number of aryl methyl sites for hydroxylation is 1. The Labute approximate surface area is 255 Å². The van der Waals surface area contributed by atoms with Crippen molar-refractivity contribution in [1.29, 1.82) is 0 Å². The van der Waals surface area contributed by atoms with Gasteiger partial charge < -0.3 is 20.5 Å². The number of fused-ring (bicyclic) bond motifs is 2. The fourth-order valence-electron chi connectivity index (χ4n) is 5.66. The van der Waals surface area contributed by atoms with Crippen LogP contribution in [0.2, 0.25) is 0 Å². The first-order valence-corrected chi connectivity index (χ1v) is 14.4. The lowest BCUT2D eigenvalue weighted by atomic mass is 9.82. The van der Waals surface area contributed by atoms with Gasteiger partial charge in [-0.25, -0.2) is 9.37 Å². The molecule has 4 aromatic rings. The van der Waals surface area contributed by atoms with E-state index < -0.39 is 47.4 Å². The molecule has 2 aliphatic rings. The van der Waals surface area contributed by atoms with Gasteiger partial charge in [0.05, 0.1) is 18.8 Å². The van der Waals surface area contributed by atoms with Gasteiger partial charge in [0.25, 0.3) is 5.91 Å². The van der Waals surface area contributed by atoms with Crippen molar-refractivity contribution in [2.24, 2.45) is 5.73 Å². The second kappa shape index (κ2) is 10.7. The zero-order valence-corrected chi connectivity index (χ0v) is 25.0. The Hall–Kier alpha value is -4.68. The molecule has 0 radical (unpaired) electrons. The van der Waals surface area contributed by atoms with Crippen LogP contribution in [0, 0.1) is 19.7 Å². The fourth-order valence-corrected chi connectivity index (χ4v) is 5.66. The number of hydrogen-bond donors (Lipinski definition) is 2. The van der Waals surface area contributed by atoms with Crippen LogP contribution in [0.15, 0.2) is 36.5 Å². The number of rotatable bonds is 8. The van der Waals surface area contributed by atoms with Gasteiger partial charge in [0.15, 0.2) is 0 Å². The first-order chi connectivity index (χ1) is 21.2. The summed E-state index contributed by atoms with van der Waals surface area (Å²) in [7, 11) is 1.43. The summed E-state index contributed by atoms with van der Waals surface area (Å²) in [6.45, 7) is 3.43. The van der Waals surface area contributed by atoms with Gasteiger partial charge in [-0.2, -0.15) is 18.3 Å². The lowest BCUT2D eigenvalue weighted by Crippen LogP contribution is -2.40. The quantitative estimate of drug-likeness (QED) is 0.253. The molecule has 1 fully saturated rings. The number of amides is 2. The summed E-state index contributed by atoms with van der Waals surface area (Å²) in [6.07, 6.45) is -1.10. The van der Waals surface area contributed by atoms with Gasteiger partial charge in [-0.15, -0.1) is 0 Å². The first-order valence-electron chi connectivity index (χ1n) is 14.4. The van der Waals surface area contributed by atoms with Crippen molar-refractivity contribution in [2.45, 2.75) is 57.2 Å². The number of nitrogens with one attached hydrogen (secondary N) is 1. The standard InChI is InChI=1S/C32H31F4N5O4/c1-15-5-8-20(16(2)25(15)33)27-28-21(31(3,14-45-28)30(37)43)11-23(39-27)22(32(34,35)36)12-38-29(42)17-9-18-13-41(19-6-7-19)40-26(18)24(10-17)44-4/h5,8-11,13,19,22H,6-7,12,14H2,1-4H3,(H2,37,43)(H,38,42)/t22-,31+/m1/s1. The molecule has 9 nitrogen and oxygen atoms in total. The molecule has 2 aromatic carbocycles. The van der Waals surface area contributed by atoms with Crippen LogP contribution in [-0.4, -0.2) is 53.0 Å². The van der Waals surface area contributed by atoms with Gasteiger partial charge in [-0.1, -0.05) is 12.1 Å². The minimum Gasteiger partial charge on any atom is -0.494 e. The Kier molecular flexibility index (Phi) is 7.24. The highest BCUT2D eigenvalue weighted by molar-refractivity contribution is 6.00. The molecule has 0 spiro atoms. The smallest absolute Gasteiger partial charge is 0.398 e. The number of alkyl halides is 3. The number of carbonyl (C=O) groups is 2. The molecule has 1 aliphatic heterocycles. The monoisotopic (exact) mass is 625 g/mol. The van der Waals surface area contributed by atoms with E-state index in [0.29, 0.717) is 22.2 Å². The average Bonchev–Trinajstić information content (AvgIpc) is 3.66. The van der Waals surface area contributed by atoms with Crippen LogP contribution in [0.4, 0.5) is 17.6 Å². The van der Waals surface area contributed by atoms with E-state index >= 15 is 0 Å². The van der Waals surface area contributed by atoms with Crippen molar-refractivity contribution in [3.05, 3.63) is 70.3 Å². The van der Waals surface area contributed by atoms with Gasteiger partial charge in [0.2, 0.25) is 5.91 Å². The molecule has 236 valence electrons. The third kappa shape index (κ3) is 5.23. The summed E-state index contributed by atoms with van der Waals surface area (Å²) in [5.74, 6) is -4.01. The van der Waals surface area contributed by atoms with E-state index in [9.17, 15) is 27.2 Å². The number of halogens is 4. The Bertz CT molecular complexity index is 1870. The largest absolute Gasteiger partial charge is 0.494 e. The average molecular weight is 626 g/mol. The maximum absolute atomic E-state index is 14.9. The van der Waals surface area contributed by atoms with Gasteiger partial charge in [0, 0.05) is 34.8 Å². The predicted octanol–water partition coefficient (Wildman–Crippen LogP) is 5.41. The van der Waals surface area contributed by atoms with Gasteiger partial charge in [-0.3, -0.25) is 14.3 Å². The highest BCUT2D eigenvalue weighted by Gasteiger charge is 2.47. The zero-order valence-electron chi connectivity index (χ0n) is 25.0. The number of primary amides is 1. The number of nitrogens with two attached hydrogens (primary N) is 1. The number of carbonyl (C=O) groups excluding carboxylic acids is 2. The van der Waals surface area contributed by atoms with Crippen molar-refractivity contribution in [2.75, 3.05) is 20.3 Å². The first kappa shape index (κ1) is 30.4. The second-order valence-corrected chi connectivity index (χ2v) is 11.9. The third-order valence-corrected chi connectivity index (χ3v) is 8.68. The lowest BCUT2D eigenvalue weighted by molar-refractivity contribution is -0.149. The van der Waals surface area contributed by atoms with E-state index in [-0.39, 0.29) is 46.3 Å². The maximum atomic E-state index is 14.9. The molecule has 1 saturated carbocycles. The van der Waals surface area contributed by atoms with Crippen molar-refractivity contribution in [1.82, 2.24) is 20.1 Å². The van der Waals surface area contributed by atoms with Crippen molar-refractivity contribution in [3.63, 3.8) is 0 Å². The summed E-state index contributed by atoms with van der Waals surface area (Å²) in [5.41, 5.74) is 5.15. The molecular formula is C32H31F4N5O4. The number of nitrogens with zero attached hydrogens (tertiary/aromatic N) is 3. The number of hydrogen-bond acceptors (Lipinski definition) is 6. The minimum atomic E-state index is -4.87. The molecule has 45 heavy (non-hydrogen) atoms. The fraction of sp³-hybridized carbons (Fsp3) is 0.375. The zero-order chi connectivity index (χ0) is 32.4. The number of pyridine rings is 1. The van der Waals surface area contributed by atoms with Gasteiger partial charge >= 0.3 is 6.18 Å². The predicted molar refractivity (Wildman–Crippen MR) is 157 cm³/mol. The molecule has 3 heterocycles. The third-order valence-electron chi connectivity index (χ3n) is 8.68. The summed E-state index contributed by atoms with van der Waals surface area (Å²) in [5, 5.41) is 7.55. The summed E-state index contributed by atoms with van der Waals surface area (Å²) in [6, 6.07) is 7.43. The Balaban J connectivity index is 1.39. The van der Waals surface area contributed by atoms with Gasteiger partial charge in [0.1, 0.15) is 46.5 Å². The summed E-state index contributed by atoms with van der Waals surface area (Å²) in [4.78, 5) is 30.1. The molecule has 2 amide bonds. The minimum absolute atomic E-state index is 0.0488. The van der Waals surface area contributed by atoms with E-state index in [1.165, 1.54) is 33.1 Å². The molecule has 6 rings (SSSR count). The number of ether oxygens (including phenoxy) is 2. The lowest BCUT2D eigenvalue weighted by Gasteiger charge is -2.24. The SMILES string of the molecule is COc1cc(C(=O)NC[C@H](c2cc3c(c(-c4ccc(C)c(F)c4C)n2)OC[C@]3(C)C(N)=O)C(F)(F)F)cc2cn(C3CC3)nc12. The molecular weight excluding hydrogens is 594 g/mol. The van der Waals surface area contributed by atoms with Crippen molar-refractivity contribution in [3.8, 4) is 22.8 Å². The molecule has 13 heteroatoms. The van der Waals surface area contributed by atoms with E-state index in [1.54, 1.807) is 29.9 Å². The summed E-state index contributed by atoms with van der Waals surface area (Å²) >= 11 is 0. The molecule has 0 bridgehead atoms. The molecule has 0 unspecified atom stereocenters. The molecule has 3 N–H and O–H groups in total. The van der Waals surface area contributed by atoms with E-state index in [2.05, 4.69) is 15.4 Å². The maximum Gasteiger partial charge on any atom is 0.398 e. The van der Waals surface area contributed by atoms with Crippen LogP contribution in [0.1, 0.15) is 64.5 Å². The van der Waals surface area contributed by atoms with Crippen LogP contribution in [0.3, 0.4) is 0 Å². The summed E-state index contributed by atoms with van der Waals surface area (Å²) < 4.78 is 72.0. The van der Waals surface area contributed by atoms with E-state index in [1.807, 2.05) is 0 Å². The van der Waals surface area contributed by atoms with Crippen LogP contribution in [0.25, 0.3) is 22.2 Å². The van der Waals surface area contributed by atoms with E-state index in [4.69, 9.17) is 15.2 Å².